The molecular weight excluding hydrogens is 289 g/mol. The number of carboxylic acid groups (broad SMARTS) is 1. The van der Waals surface area contributed by atoms with E-state index in [-0.39, 0.29) is 25.2 Å². The number of tetrazole rings is 1. The van der Waals surface area contributed by atoms with Gasteiger partial charge >= 0.3 is 12.1 Å². The van der Waals surface area contributed by atoms with Crippen molar-refractivity contribution in [2.24, 2.45) is 5.92 Å². The van der Waals surface area contributed by atoms with E-state index < -0.39 is 18.1 Å². The molecule has 1 aliphatic carbocycles. The standard InChI is InChI=1S/C12H17F3N4O2/c13-12(14,15)9-4-1-3-8(7-9)11-16-17-18-19(11)6-2-5-10(20)21/h8-9H,1-7H2,(H,20,21). The van der Waals surface area contributed by atoms with E-state index in [0.717, 1.165) is 0 Å². The summed E-state index contributed by atoms with van der Waals surface area (Å²) in [6.45, 7) is 0.307. The summed E-state index contributed by atoms with van der Waals surface area (Å²) < 4.78 is 39.9. The molecule has 1 N–H and O–H groups in total. The molecule has 2 unspecified atom stereocenters. The van der Waals surface area contributed by atoms with Crippen molar-refractivity contribution in [1.29, 1.82) is 0 Å². The summed E-state index contributed by atoms with van der Waals surface area (Å²) in [5.74, 6) is -2.10. The van der Waals surface area contributed by atoms with E-state index >= 15 is 0 Å². The number of hydrogen-bond acceptors (Lipinski definition) is 4. The lowest BCUT2D eigenvalue weighted by molar-refractivity contribution is -0.183. The van der Waals surface area contributed by atoms with Crippen molar-refractivity contribution in [2.45, 2.75) is 57.2 Å². The SMILES string of the molecule is O=C(O)CCCn1nnnc1C1CCCC(C(F)(F)F)C1. The first-order chi connectivity index (χ1) is 9.88. The number of aromatic nitrogens is 4. The fraction of sp³-hybridized carbons (Fsp3) is 0.833. The predicted octanol–water partition coefficient (Wildman–Crippen LogP) is 2.37. The highest BCUT2D eigenvalue weighted by atomic mass is 19.4. The minimum Gasteiger partial charge on any atom is -0.481 e. The third kappa shape index (κ3) is 4.15. The average molecular weight is 306 g/mol. The fourth-order valence-corrected chi connectivity index (χ4v) is 2.76. The molecule has 0 saturated heterocycles. The third-order valence-corrected chi connectivity index (χ3v) is 3.82. The topological polar surface area (TPSA) is 80.9 Å². The molecule has 6 nitrogen and oxygen atoms in total. The molecule has 1 saturated carbocycles. The Bertz CT molecular complexity index is 489. The average Bonchev–Trinajstić information content (AvgIpc) is 2.86. The summed E-state index contributed by atoms with van der Waals surface area (Å²) >= 11 is 0. The predicted molar refractivity (Wildman–Crippen MR) is 65.4 cm³/mol. The minimum atomic E-state index is -4.18. The zero-order valence-corrected chi connectivity index (χ0v) is 11.4. The highest BCUT2D eigenvalue weighted by molar-refractivity contribution is 5.66. The van der Waals surface area contributed by atoms with Crippen LogP contribution in [0.2, 0.25) is 0 Å². The molecule has 118 valence electrons. The van der Waals surface area contributed by atoms with E-state index in [1.54, 1.807) is 0 Å². The van der Waals surface area contributed by atoms with Gasteiger partial charge in [-0.3, -0.25) is 4.79 Å². The number of hydrogen-bond donors (Lipinski definition) is 1. The Morgan fingerprint density at radius 3 is 2.81 bits per heavy atom. The molecule has 0 aliphatic heterocycles. The summed E-state index contributed by atoms with van der Waals surface area (Å²) in [6.07, 6.45) is -2.57. The lowest BCUT2D eigenvalue weighted by Crippen LogP contribution is -2.29. The first kappa shape index (κ1) is 15.7. The summed E-state index contributed by atoms with van der Waals surface area (Å²) in [4.78, 5) is 10.5. The summed E-state index contributed by atoms with van der Waals surface area (Å²) in [6, 6.07) is 0. The van der Waals surface area contributed by atoms with Gasteiger partial charge in [0.2, 0.25) is 0 Å². The first-order valence-electron chi connectivity index (χ1n) is 6.92. The Labute approximate surface area is 119 Å². The maximum atomic E-state index is 12.8. The number of rotatable bonds is 5. The smallest absolute Gasteiger partial charge is 0.391 e. The van der Waals surface area contributed by atoms with E-state index in [1.807, 2.05) is 0 Å². The monoisotopic (exact) mass is 306 g/mol. The third-order valence-electron chi connectivity index (χ3n) is 3.82. The Morgan fingerprint density at radius 1 is 1.38 bits per heavy atom. The maximum absolute atomic E-state index is 12.8. The van der Waals surface area contributed by atoms with Crippen LogP contribution in [0.5, 0.6) is 0 Å². The molecular formula is C12H17F3N4O2. The van der Waals surface area contributed by atoms with Crippen molar-refractivity contribution in [3.8, 4) is 0 Å². The Balaban J connectivity index is 2.01. The normalized spacial score (nSPS) is 23.2. The van der Waals surface area contributed by atoms with Gasteiger partial charge in [-0.15, -0.1) is 5.10 Å². The van der Waals surface area contributed by atoms with Gasteiger partial charge in [0, 0.05) is 18.9 Å². The Kier molecular flexibility index (Phi) is 4.79. The molecule has 0 bridgehead atoms. The quantitative estimate of drug-likeness (QED) is 0.903. The van der Waals surface area contributed by atoms with E-state index in [2.05, 4.69) is 15.5 Å². The van der Waals surface area contributed by atoms with Crippen molar-refractivity contribution in [2.75, 3.05) is 0 Å². The highest BCUT2D eigenvalue weighted by Gasteiger charge is 2.43. The van der Waals surface area contributed by atoms with E-state index in [1.165, 1.54) is 4.68 Å². The van der Waals surface area contributed by atoms with E-state index in [0.29, 0.717) is 31.6 Å². The van der Waals surface area contributed by atoms with Gasteiger partial charge in [-0.05, 0) is 36.1 Å². The summed E-state index contributed by atoms with van der Waals surface area (Å²) in [5.41, 5.74) is 0. The van der Waals surface area contributed by atoms with Crippen LogP contribution in [0.3, 0.4) is 0 Å². The van der Waals surface area contributed by atoms with Crippen LogP contribution >= 0.6 is 0 Å². The van der Waals surface area contributed by atoms with Crippen LogP contribution in [-0.2, 0) is 11.3 Å². The van der Waals surface area contributed by atoms with Crippen molar-refractivity contribution in [3.05, 3.63) is 5.82 Å². The summed E-state index contributed by atoms with van der Waals surface area (Å²) in [5, 5.41) is 19.7. The fourth-order valence-electron chi connectivity index (χ4n) is 2.76. The number of nitrogens with zero attached hydrogens (tertiary/aromatic N) is 4. The molecule has 0 aromatic carbocycles. The van der Waals surface area contributed by atoms with Crippen LogP contribution in [0.15, 0.2) is 0 Å². The van der Waals surface area contributed by atoms with Crippen LogP contribution in [-0.4, -0.2) is 37.5 Å². The van der Waals surface area contributed by atoms with Gasteiger partial charge in [-0.25, -0.2) is 4.68 Å². The zero-order chi connectivity index (χ0) is 15.5. The molecule has 2 rings (SSSR count). The van der Waals surface area contributed by atoms with Crippen LogP contribution in [0.25, 0.3) is 0 Å². The number of alkyl halides is 3. The number of aliphatic carboxylic acids is 1. The summed E-state index contributed by atoms with van der Waals surface area (Å²) in [7, 11) is 0. The van der Waals surface area contributed by atoms with Crippen molar-refractivity contribution in [1.82, 2.24) is 20.2 Å². The van der Waals surface area contributed by atoms with Crippen molar-refractivity contribution in [3.63, 3.8) is 0 Å². The second-order valence-corrected chi connectivity index (χ2v) is 5.36. The lowest BCUT2D eigenvalue weighted by Gasteiger charge is -2.29. The highest BCUT2D eigenvalue weighted by Crippen LogP contribution is 2.43. The number of carboxylic acids is 1. The largest absolute Gasteiger partial charge is 0.481 e. The molecule has 0 amide bonds. The minimum absolute atomic E-state index is 0.00278. The Hall–Kier alpha value is -1.67. The molecule has 9 heteroatoms. The van der Waals surface area contributed by atoms with Gasteiger partial charge in [0.1, 0.15) is 0 Å². The molecule has 21 heavy (non-hydrogen) atoms. The zero-order valence-electron chi connectivity index (χ0n) is 11.4. The molecule has 2 atom stereocenters. The second kappa shape index (κ2) is 6.40. The van der Waals surface area contributed by atoms with E-state index in [4.69, 9.17) is 5.11 Å². The van der Waals surface area contributed by atoms with Gasteiger partial charge in [0.25, 0.3) is 0 Å². The number of halogens is 3. The van der Waals surface area contributed by atoms with Gasteiger partial charge in [0.05, 0.1) is 5.92 Å². The van der Waals surface area contributed by atoms with Gasteiger partial charge < -0.3 is 5.11 Å². The van der Waals surface area contributed by atoms with Crippen LogP contribution in [0.4, 0.5) is 13.2 Å². The number of aryl methyl sites for hydroxylation is 1. The molecule has 1 aromatic heterocycles. The lowest BCUT2D eigenvalue weighted by atomic mass is 9.80. The molecule has 1 aromatic rings. The van der Waals surface area contributed by atoms with Crippen LogP contribution in [0.1, 0.15) is 50.3 Å². The molecule has 1 aliphatic rings. The molecule has 0 radical (unpaired) electrons. The van der Waals surface area contributed by atoms with Crippen LogP contribution < -0.4 is 0 Å². The second-order valence-electron chi connectivity index (χ2n) is 5.36. The van der Waals surface area contributed by atoms with Gasteiger partial charge in [0.15, 0.2) is 5.82 Å². The molecule has 1 heterocycles. The van der Waals surface area contributed by atoms with Crippen molar-refractivity contribution < 1.29 is 23.1 Å². The molecule has 1 fully saturated rings. The van der Waals surface area contributed by atoms with Crippen LogP contribution in [0, 0.1) is 5.92 Å². The van der Waals surface area contributed by atoms with Gasteiger partial charge in [-0.1, -0.05) is 6.42 Å². The van der Waals surface area contributed by atoms with Gasteiger partial charge in [-0.2, -0.15) is 13.2 Å². The van der Waals surface area contributed by atoms with Crippen molar-refractivity contribution >= 4 is 5.97 Å². The van der Waals surface area contributed by atoms with E-state index in [9.17, 15) is 18.0 Å². The molecule has 0 spiro atoms. The number of carbonyl (C=O) groups is 1. The first-order valence-corrected chi connectivity index (χ1v) is 6.92. The Morgan fingerprint density at radius 2 is 2.14 bits per heavy atom. The maximum Gasteiger partial charge on any atom is 0.391 e.